The lowest BCUT2D eigenvalue weighted by molar-refractivity contribution is -0.114. The lowest BCUT2D eigenvalue weighted by atomic mass is 10.2. The molecule has 7 heteroatoms. The van der Waals surface area contributed by atoms with Crippen LogP contribution < -0.4 is 15.4 Å². The van der Waals surface area contributed by atoms with Crippen molar-refractivity contribution >= 4 is 21.6 Å². The van der Waals surface area contributed by atoms with Gasteiger partial charge in [0.1, 0.15) is 0 Å². The Morgan fingerprint density at radius 1 is 1.19 bits per heavy atom. The van der Waals surface area contributed by atoms with Crippen LogP contribution >= 0.6 is 0 Å². The maximum atomic E-state index is 12.2. The van der Waals surface area contributed by atoms with E-state index in [2.05, 4.69) is 15.4 Å². The lowest BCUT2D eigenvalue weighted by Crippen LogP contribution is -2.32. The summed E-state index contributed by atoms with van der Waals surface area (Å²) in [5, 5.41) is 5.75. The zero-order valence-corrected chi connectivity index (χ0v) is 13.5. The first-order valence-corrected chi connectivity index (χ1v) is 8.43. The van der Waals surface area contributed by atoms with Crippen molar-refractivity contribution in [3.63, 3.8) is 0 Å². The standard InChI is InChI=1S/C14H23N3O3S/c1-4-7-15-8-9-16-21(19,20)13-6-5-11(2)14(10-13)17-12(3)18/h5-6,10,15-16H,4,7-9H2,1-3H3,(H,17,18). The summed E-state index contributed by atoms with van der Waals surface area (Å²) in [6.07, 6.45) is 1.00. The van der Waals surface area contributed by atoms with Crippen molar-refractivity contribution in [3.05, 3.63) is 23.8 Å². The monoisotopic (exact) mass is 313 g/mol. The molecule has 0 aliphatic carbocycles. The fraction of sp³-hybridized carbons (Fsp3) is 0.500. The zero-order chi connectivity index (χ0) is 15.9. The van der Waals surface area contributed by atoms with E-state index < -0.39 is 10.0 Å². The summed E-state index contributed by atoms with van der Waals surface area (Å²) < 4.78 is 26.9. The minimum Gasteiger partial charge on any atom is -0.326 e. The molecule has 1 aromatic carbocycles. The average molecular weight is 313 g/mol. The molecule has 3 N–H and O–H groups in total. The minimum atomic E-state index is -3.56. The number of anilines is 1. The fourth-order valence-corrected chi connectivity index (χ4v) is 2.81. The summed E-state index contributed by atoms with van der Waals surface area (Å²) in [5.41, 5.74) is 1.32. The van der Waals surface area contributed by atoms with Gasteiger partial charge in [0.2, 0.25) is 15.9 Å². The molecule has 0 radical (unpaired) electrons. The summed E-state index contributed by atoms with van der Waals surface area (Å²) >= 11 is 0. The normalized spacial score (nSPS) is 11.4. The van der Waals surface area contributed by atoms with Gasteiger partial charge in [0.05, 0.1) is 4.90 Å². The van der Waals surface area contributed by atoms with E-state index in [9.17, 15) is 13.2 Å². The summed E-state index contributed by atoms with van der Waals surface area (Å²) in [7, 11) is -3.56. The Morgan fingerprint density at radius 2 is 1.90 bits per heavy atom. The van der Waals surface area contributed by atoms with Crippen LogP contribution in [0.1, 0.15) is 25.8 Å². The lowest BCUT2D eigenvalue weighted by Gasteiger charge is -2.11. The highest BCUT2D eigenvalue weighted by Gasteiger charge is 2.15. The van der Waals surface area contributed by atoms with Crippen LogP contribution in [0.4, 0.5) is 5.69 Å². The molecule has 0 bridgehead atoms. The van der Waals surface area contributed by atoms with Crippen LogP contribution in [0, 0.1) is 6.92 Å². The summed E-state index contributed by atoms with van der Waals surface area (Å²) in [5.74, 6) is -0.232. The van der Waals surface area contributed by atoms with E-state index in [0.717, 1.165) is 18.5 Å². The molecule has 0 aromatic heterocycles. The van der Waals surface area contributed by atoms with Crippen molar-refractivity contribution in [2.45, 2.75) is 32.1 Å². The van der Waals surface area contributed by atoms with E-state index in [1.165, 1.54) is 19.1 Å². The van der Waals surface area contributed by atoms with Crippen molar-refractivity contribution in [2.24, 2.45) is 0 Å². The Morgan fingerprint density at radius 3 is 2.52 bits per heavy atom. The second-order valence-corrected chi connectivity index (χ2v) is 6.57. The number of benzene rings is 1. The highest BCUT2D eigenvalue weighted by atomic mass is 32.2. The molecule has 0 aliphatic rings. The van der Waals surface area contributed by atoms with E-state index in [0.29, 0.717) is 18.8 Å². The average Bonchev–Trinajstić information content (AvgIpc) is 2.40. The number of amides is 1. The number of nitrogens with one attached hydrogen (secondary N) is 3. The van der Waals surface area contributed by atoms with E-state index in [1.807, 2.05) is 13.8 Å². The predicted molar refractivity (Wildman–Crippen MR) is 83.8 cm³/mol. The fourth-order valence-electron chi connectivity index (χ4n) is 1.75. The molecule has 0 atom stereocenters. The topological polar surface area (TPSA) is 87.3 Å². The van der Waals surface area contributed by atoms with Crippen LogP contribution in [-0.2, 0) is 14.8 Å². The number of carbonyl (C=O) groups is 1. The van der Waals surface area contributed by atoms with Crippen LogP contribution in [0.25, 0.3) is 0 Å². The first kappa shape index (κ1) is 17.6. The Balaban J connectivity index is 2.76. The SMILES string of the molecule is CCCNCCNS(=O)(=O)c1ccc(C)c(NC(C)=O)c1. The number of rotatable bonds is 8. The second kappa shape index (κ2) is 8.11. The van der Waals surface area contributed by atoms with Crippen molar-refractivity contribution in [3.8, 4) is 0 Å². The third-order valence-corrected chi connectivity index (χ3v) is 4.31. The first-order valence-electron chi connectivity index (χ1n) is 6.95. The maximum absolute atomic E-state index is 12.2. The third kappa shape index (κ3) is 5.82. The molecule has 0 saturated carbocycles. The Hall–Kier alpha value is -1.44. The Labute approximate surface area is 126 Å². The number of carbonyl (C=O) groups excluding carboxylic acids is 1. The van der Waals surface area contributed by atoms with Crippen molar-refractivity contribution < 1.29 is 13.2 Å². The third-order valence-electron chi connectivity index (χ3n) is 2.85. The van der Waals surface area contributed by atoms with Crippen LogP contribution in [0.3, 0.4) is 0 Å². The van der Waals surface area contributed by atoms with Gasteiger partial charge in [-0.25, -0.2) is 13.1 Å². The molecule has 0 spiro atoms. The molecule has 1 rings (SSSR count). The highest BCUT2D eigenvalue weighted by molar-refractivity contribution is 7.89. The van der Waals surface area contributed by atoms with E-state index in [4.69, 9.17) is 0 Å². The quantitative estimate of drug-likeness (QED) is 0.630. The first-order chi connectivity index (χ1) is 9.86. The minimum absolute atomic E-state index is 0.146. The van der Waals surface area contributed by atoms with Gasteiger partial charge in [-0.15, -0.1) is 0 Å². The van der Waals surface area contributed by atoms with Crippen molar-refractivity contribution in [1.29, 1.82) is 0 Å². The number of hydrogen-bond acceptors (Lipinski definition) is 4. The van der Waals surface area contributed by atoms with E-state index >= 15 is 0 Å². The molecule has 6 nitrogen and oxygen atoms in total. The van der Waals surface area contributed by atoms with Gasteiger partial charge in [-0.1, -0.05) is 13.0 Å². The number of sulfonamides is 1. The van der Waals surface area contributed by atoms with Crippen LogP contribution in [-0.4, -0.2) is 34.0 Å². The van der Waals surface area contributed by atoms with Crippen molar-refractivity contribution in [2.75, 3.05) is 25.0 Å². The van der Waals surface area contributed by atoms with Crippen molar-refractivity contribution in [1.82, 2.24) is 10.0 Å². The zero-order valence-electron chi connectivity index (χ0n) is 12.7. The molecule has 118 valence electrons. The Bertz CT molecular complexity index is 585. The molecule has 0 saturated heterocycles. The predicted octanol–water partition coefficient (Wildman–Crippen LogP) is 1.23. The van der Waals surface area contributed by atoms with Gasteiger partial charge < -0.3 is 10.6 Å². The molecule has 1 aromatic rings. The van der Waals surface area contributed by atoms with Gasteiger partial charge in [-0.05, 0) is 37.6 Å². The molecule has 0 fully saturated rings. The highest BCUT2D eigenvalue weighted by Crippen LogP contribution is 2.20. The Kier molecular flexibility index (Phi) is 6.80. The molecular formula is C14H23N3O3S. The maximum Gasteiger partial charge on any atom is 0.240 e. The smallest absolute Gasteiger partial charge is 0.240 e. The van der Waals surface area contributed by atoms with Gasteiger partial charge in [0.15, 0.2) is 0 Å². The molecule has 0 unspecified atom stereocenters. The summed E-state index contributed by atoms with van der Waals surface area (Å²) in [6.45, 7) is 7.01. The summed E-state index contributed by atoms with van der Waals surface area (Å²) in [4.78, 5) is 11.3. The van der Waals surface area contributed by atoms with Gasteiger partial charge in [-0.2, -0.15) is 0 Å². The molecule has 0 heterocycles. The molecule has 1 amide bonds. The van der Waals surface area contributed by atoms with E-state index in [-0.39, 0.29) is 10.8 Å². The molecular weight excluding hydrogens is 290 g/mol. The number of aryl methyl sites for hydroxylation is 1. The van der Waals surface area contributed by atoms with Gasteiger partial charge in [0.25, 0.3) is 0 Å². The van der Waals surface area contributed by atoms with Gasteiger partial charge in [0, 0.05) is 25.7 Å². The molecule has 21 heavy (non-hydrogen) atoms. The number of hydrogen-bond donors (Lipinski definition) is 3. The van der Waals surface area contributed by atoms with E-state index in [1.54, 1.807) is 6.07 Å². The summed E-state index contributed by atoms with van der Waals surface area (Å²) in [6, 6.07) is 4.68. The van der Waals surface area contributed by atoms with Crippen LogP contribution in [0.15, 0.2) is 23.1 Å². The van der Waals surface area contributed by atoms with Gasteiger partial charge in [-0.3, -0.25) is 4.79 Å². The van der Waals surface area contributed by atoms with Crippen LogP contribution in [0.2, 0.25) is 0 Å². The van der Waals surface area contributed by atoms with Crippen LogP contribution in [0.5, 0.6) is 0 Å². The van der Waals surface area contributed by atoms with Gasteiger partial charge >= 0.3 is 0 Å². The second-order valence-electron chi connectivity index (χ2n) is 4.81. The molecule has 0 aliphatic heterocycles. The largest absolute Gasteiger partial charge is 0.326 e.